The summed E-state index contributed by atoms with van der Waals surface area (Å²) in [6.45, 7) is 0.655. The lowest BCUT2D eigenvalue weighted by Crippen LogP contribution is -2.23. The number of nitrogens with one attached hydrogen (secondary N) is 1. The molecule has 0 bridgehead atoms. The van der Waals surface area contributed by atoms with Gasteiger partial charge in [0.2, 0.25) is 6.41 Å². The maximum atomic E-state index is 14.7. The highest BCUT2D eigenvalue weighted by Gasteiger charge is 2.18. The van der Waals surface area contributed by atoms with E-state index in [0.717, 1.165) is 12.1 Å². The fraction of sp³-hybridized carbons (Fsp3) is 0.190. The fourth-order valence-corrected chi connectivity index (χ4v) is 3.62. The van der Waals surface area contributed by atoms with Crippen LogP contribution in [0.25, 0.3) is 33.1 Å². The van der Waals surface area contributed by atoms with Crippen LogP contribution in [0.4, 0.5) is 14.5 Å². The molecule has 7 nitrogen and oxygen atoms in total. The number of rotatable bonds is 6. The van der Waals surface area contributed by atoms with Crippen LogP contribution < -0.4 is 11.0 Å². The quantitative estimate of drug-likeness (QED) is 0.494. The van der Waals surface area contributed by atoms with E-state index in [1.807, 2.05) is 0 Å². The molecule has 0 saturated carbocycles. The Labute approximate surface area is 169 Å². The van der Waals surface area contributed by atoms with Gasteiger partial charge in [-0.3, -0.25) is 18.9 Å². The molecule has 4 aromatic rings. The van der Waals surface area contributed by atoms with Gasteiger partial charge in [0.05, 0.1) is 41.5 Å². The maximum absolute atomic E-state index is 14.7. The number of pyridine rings is 1. The van der Waals surface area contributed by atoms with Crippen LogP contribution in [0.5, 0.6) is 0 Å². The van der Waals surface area contributed by atoms with E-state index in [2.05, 4.69) is 10.3 Å². The van der Waals surface area contributed by atoms with Crippen molar-refractivity contribution in [1.29, 1.82) is 0 Å². The van der Waals surface area contributed by atoms with Gasteiger partial charge in [0.15, 0.2) is 0 Å². The van der Waals surface area contributed by atoms with Crippen molar-refractivity contribution in [2.75, 3.05) is 19.0 Å². The zero-order valence-corrected chi connectivity index (χ0v) is 16.3. The number of carbonyl (C=O) groups is 1. The van der Waals surface area contributed by atoms with Crippen molar-refractivity contribution in [3.8, 4) is 11.1 Å². The summed E-state index contributed by atoms with van der Waals surface area (Å²) in [6.07, 6.45) is 1.95. The van der Waals surface area contributed by atoms with E-state index >= 15 is 0 Å². The van der Waals surface area contributed by atoms with Gasteiger partial charge in [-0.25, -0.2) is 13.6 Å². The molecule has 0 atom stereocenters. The van der Waals surface area contributed by atoms with E-state index in [-0.39, 0.29) is 16.9 Å². The third-order valence-corrected chi connectivity index (χ3v) is 5.04. The number of benzene rings is 2. The van der Waals surface area contributed by atoms with Crippen LogP contribution >= 0.6 is 0 Å². The number of fused-ring (bicyclic) bond motifs is 3. The summed E-state index contributed by atoms with van der Waals surface area (Å²) in [5.74, 6) is -1.63. The van der Waals surface area contributed by atoms with E-state index in [9.17, 15) is 18.4 Å². The Bertz CT molecular complexity index is 1320. The van der Waals surface area contributed by atoms with Gasteiger partial charge >= 0.3 is 5.69 Å². The first-order valence-corrected chi connectivity index (χ1v) is 9.12. The van der Waals surface area contributed by atoms with Crippen LogP contribution in [0.3, 0.4) is 0 Å². The topological polar surface area (TPSA) is 78.2 Å². The van der Waals surface area contributed by atoms with Crippen LogP contribution in [0.1, 0.15) is 0 Å². The summed E-state index contributed by atoms with van der Waals surface area (Å²) >= 11 is 0. The Morgan fingerprint density at radius 2 is 1.93 bits per heavy atom. The number of aromatic nitrogens is 3. The number of anilines is 1. The van der Waals surface area contributed by atoms with Crippen LogP contribution in [0, 0.1) is 11.6 Å². The number of aryl methyl sites for hydroxylation is 1. The van der Waals surface area contributed by atoms with Crippen LogP contribution in [-0.2, 0) is 23.1 Å². The molecule has 0 aliphatic heterocycles. The molecule has 0 saturated heterocycles. The first-order valence-electron chi connectivity index (χ1n) is 9.12. The van der Waals surface area contributed by atoms with Crippen molar-refractivity contribution in [3.63, 3.8) is 0 Å². The van der Waals surface area contributed by atoms with Crippen LogP contribution in [0.2, 0.25) is 0 Å². The van der Waals surface area contributed by atoms with Crippen molar-refractivity contribution in [2.24, 2.45) is 7.05 Å². The lowest BCUT2D eigenvalue weighted by molar-refractivity contribution is -0.105. The third-order valence-electron chi connectivity index (χ3n) is 5.04. The van der Waals surface area contributed by atoms with Crippen molar-refractivity contribution in [3.05, 3.63) is 58.6 Å². The summed E-state index contributed by atoms with van der Waals surface area (Å²) in [7, 11) is 3.19. The number of nitrogens with zero attached hydrogens (tertiary/aromatic N) is 3. The molecular formula is C21H18F2N4O3. The number of methoxy groups -OCH3 is 1. The minimum Gasteiger partial charge on any atom is -0.383 e. The van der Waals surface area contributed by atoms with Gasteiger partial charge in [-0.1, -0.05) is 6.07 Å². The highest BCUT2D eigenvalue weighted by atomic mass is 19.1. The zero-order valence-electron chi connectivity index (χ0n) is 16.3. The van der Waals surface area contributed by atoms with Gasteiger partial charge in [-0.05, 0) is 29.8 Å². The monoisotopic (exact) mass is 412 g/mol. The smallest absolute Gasteiger partial charge is 0.328 e. The number of hydrogen-bond donors (Lipinski definition) is 1. The van der Waals surface area contributed by atoms with Crippen molar-refractivity contribution in [2.45, 2.75) is 6.54 Å². The molecule has 2 aromatic heterocycles. The lowest BCUT2D eigenvalue weighted by Gasteiger charge is -2.10. The molecule has 30 heavy (non-hydrogen) atoms. The molecule has 0 aliphatic carbocycles. The van der Waals surface area contributed by atoms with Crippen LogP contribution in [0.15, 0.2) is 41.3 Å². The Morgan fingerprint density at radius 1 is 1.20 bits per heavy atom. The number of ether oxygens (including phenoxy) is 1. The molecule has 0 fully saturated rings. The van der Waals surface area contributed by atoms with E-state index < -0.39 is 11.6 Å². The Kier molecular flexibility index (Phi) is 5.04. The molecule has 1 N–H and O–H groups in total. The molecule has 0 unspecified atom stereocenters. The largest absolute Gasteiger partial charge is 0.383 e. The minimum absolute atomic E-state index is 0.0186. The number of carbonyl (C=O) groups excluding carboxylic acids is 1. The van der Waals surface area contributed by atoms with Gasteiger partial charge in [0, 0.05) is 25.2 Å². The molecule has 0 spiro atoms. The Hall–Kier alpha value is -3.59. The highest BCUT2D eigenvalue weighted by Crippen LogP contribution is 2.32. The van der Waals surface area contributed by atoms with Gasteiger partial charge in [0.1, 0.15) is 11.6 Å². The first-order chi connectivity index (χ1) is 14.5. The van der Waals surface area contributed by atoms with Crippen molar-refractivity contribution < 1.29 is 18.3 Å². The van der Waals surface area contributed by atoms with Crippen molar-refractivity contribution in [1.82, 2.24) is 14.1 Å². The summed E-state index contributed by atoms with van der Waals surface area (Å²) in [4.78, 5) is 27.6. The van der Waals surface area contributed by atoms with E-state index in [1.54, 1.807) is 43.1 Å². The van der Waals surface area contributed by atoms with Crippen molar-refractivity contribution >= 4 is 34.0 Å². The van der Waals surface area contributed by atoms with E-state index in [1.165, 1.54) is 4.57 Å². The molecule has 154 valence electrons. The summed E-state index contributed by atoms with van der Waals surface area (Å²) in [5.41, 5.74) is 1.65. The second kappa shape index (κ2) is 7.68. The van der Waals surface area contributed by atoms with Gasteiger partial charge < -0.3 is 10.1 Å². The Morgan fingerprint density at radius 3 is 2.60 bits per heavy atom. The summed E-state index contributed by atoms with van der Waals surface area (Å²) in [5, 5.41) is 2.82. The van der Waals surface area contributed by atoms with E-state index in [0.29, 0.717) is 47.1 Å². The average Bonchev–Trinajstić information content (AvgIpc) is 2.96. The average molecular weight is 412 g/mol. The van der Waals surface area contributed by atoms with Gasteiger partial charge in [0.25, 0.3) is 0 Å². The third kappa shape index (κ3) is 3.13. The number of hydrogen-bond acceptors (Lipinski definition) is 4. The van der Waals surface area contributed by atoms with Gasteiger partial charge in [-0.2, -0.15) is 0 Å². The molecule has 2 aromatic carbocycles. The normalized spacial score (nSPS) is 11.3. The zero-order chi connectivity index (χ0) is 21.4. The molecular weight excluding hydrogens is 394 g/mol. The molecule has 9 heteroatoms. The predicted octanol–water partition coefficient (Wildman–Crippen LogP) is 3.05. The molecule has 0 aliphatic rings. The second-order valence-electron chi connectivity index (χ2n) is 6.79. The second-order valence-corrected chi connectivity index (χ2v) is 6.79. The first kappa shape index (κ1) is 19.7. The summed E-state index contributed by atoms with van der Waals surface area (Å²) in [6, 6.07) is 6.93. The SMILES string of the molecule is COCCn1c(=O)n(C)c2cnc3ccc(-c4c(F)cc(NC=O)cc4F)cc3c21. The predicted molar refractivity (Wildman–Crippen MR) is 109 cm³/mol. The van der Waals surface area contributed by atoms with Crippen LogP contribution in [-0.4, -0.2) is 34.2 Å². The number of halogens is 2. The standard InChI is InChI=1S/C21H18F2N4O3/c1-26-18-10-24-17-4-3-12(19-15(22)8-13(25-11-28)9-16(19)23)7-14(17)20(18)27(21(26)29)5-6-30-2/h3-4,7-11H,5-6H2,1-2H3,(H,25,28). The molecule has 2 heterocycles. The molecule has 0 radical (unpaired) electrons. The van der Waals surface area contributed by atoms with Gasteiger partial charge in [-0.15, -0.1) is 0 Å². The molecule has 1 amide bonds. The minimum atomic E-state index is -0.816. The fourth-order valence-electron chi connectivity index (χ4n) is 3.62. The molecule has 4 rings (SSSR count). The maximum Gasteiger partial charge on any atom is 0.328 e. The Balaban J connectivity index is 1.99. The van der Waals surface area contributed by atoms with E-state index in [4.69, 9.17) is 4.74 Å². The number of amides is 1. The summed E-state index contributed by atoms with van der Waals surface area (Å²) < 4.78 is 37.5. The number of imidazole rings is 1. The lowest BCUT2D eigenvalue weighted by atomic mass is 10.0. The highest BCUT2D eigenvalue weighted by molar-refractivity contribution is 6.04.